The van der Waals surface area contributed by atoms with E-state index in [1.165, 1.54) is 18.0 Å². The number of benzene rings is 4. The lowest BCUT2D eigenvalue weighted by atomic mass is 9.99. The van der Waals surface area contributed by atoms with Gasteiger partial charge in [0.1, 0.15) is 17.7 Å². The van der Waals surface area contributed by atoms with Gasteiger partial charge < -0.3 is 31.3 Å². The molecule has 0 fully saturated rings. The van der Waals surface area contributed by atoms with E-state index in [1.807, 2.05) is 103 Å². The van der Waals surface area contributed by atoms with Crippen LogP contribution in [0.1, 0.15) is 57.7 Å². The minimum Gasteiger partial charge on any atom is -0.444 e. The van der Waals surface area contributed by atoms with E-state index < -0.39 is 58.8 Å². The third-order valence-electron chi connectivity index (χ3n) is 8.74. The maximum Gasteiger partial charge on any atom is 0.408 e. The van der Waals surface area contributed by atoms with Crippen molar-refractivity contribution in [2.45, 2.75) is 83.6 Å². The lowest BCUT2D eigenvalue weighted by molar-refractivity contribution is -0.140. The topological polar surface area (TPSA) is 172 Å². The number of fused-ring (bicyclic) bond motifs is 1. The maximum atomic E-state index is 14.4. The molecule has 2 atom stereocenters. The van der Waals surface area contributed by atoms with E-state index in [-0.39, 0.29) is 25.8 Å². The Bertz CT molecular complexity index is 2060. The summed E-state index contributed by atoms with van der Waals surface area (Å²) in [7, 11) is 1.47. The lowest BCUT2D eigenvalue weighted by Crippen LogP contribution is -2.53. The molecular weight excluding hydrogens is 709 g/mol. The molecule has 0 aliphatic rings. The number of amidine groups is 1. The molecule has 4 rings (SSSR count). The van der Waals surface area contributed by atoms with Crippen molar-refractivity contribution in [1.29, 1.82) is 0 Å². The van der Waals surface area contributed by atoms with Crippen LogP contribution in [0.2, 0.25) is 0 Å². The van der Waals surface area contributed by atoms with Crippen LogP contribution >= 0.6 is 0 Å². The van der Waals surface area contributed by atoms with Gasteiger partial charge in [-0.1, -0.05) is 109 Å². The van der Waals surface area contributed by atoms with Crippen LogP contribution < -0.4 is 21.7 Å². The van der Waals surface area contributed by atoms with Crippen molar-refractivity contribution in [1.82, 2.24) is 20.9 Å². The number of hydrogen-bond donors (Lipinski definition) is 4. The summed E-state index contributed by atoms with van der Waals surface area (Å²) in [6, 6.07) is 29.6. The number of rotatable bonds is 14. The van der Waals surface area contributed by atoms with Crippen molar-refractivity contribution < 1.29 is 28.7 Å². The fourth-order valence-electron chi connectivity index (χ4n) is 5.85. The zero-order chi connectivity index (χ0) is 40.9. The molecule has 0 bridgehead atoms. The fraction of sp³-hybridized carbons (Fsp3) is 0.318. The summed E-state index contributed by atoms with van der Waals surface area (Å²) in [5, 5.41) is 10.3. The Labute approximate surface area is 328 Å². The Morgan fingerprint density at radius 2 is 1.39 bits per heavy atom. The van der Waals surface area contributed by atoms with E-state index in [0.29, 0.717) is 0 Å². The molecule has 0 spiro atoms. The van der Waals surface area contributed by atoms with E-state index >= 15 is 0 Å². The molecule has 12 heteroatoms. The number of alkyl carbamates (subject to hydrolysis) is 1. The normalized spacial score (nSPS) is 13.1. The largest absolute Gasteiger partial charge is 0.444 e. The van der Waals surface area contributed by atoms with Crippen LogP contribution in [0.15, 0.2) is 120 Å². The van der Waals surface area contributed by atoms with Crippen molar-refractivity contribution in [3.05, 3.63) is 132 Å². The second-order valence-electron chi connectivity index (χ2n) is 15.2. The van der Waals surface area contributed by atoms with Gasteiger partial charge in [-0.05, 0) is 74.6 Å². The molecule has 0 heterocycles. The molecule has 0 aliphatic carbocycles. The Morgan fingerprint density at radius 1 is 0.786 bits per heavy atom. The van der Waals surface area contributed by atoms with Gasteiger partial charge in [0.25, 0.3) is 11.8 Å². The number of nitrogens with two attached hydrogens (primary N) is 1. The number of ether oxygens (including phenoxy) is 1. The van der Waals surface area contributed by atoms with Crippen LogP contribution in [-0.2, 0) is 43.3 Å². The number of amides is 5. The van der Waals surface area contributed by atoms with E-state index in [1.54, 1.807) is 40.7 Å². The summed E-state index contributed by atoms with van der Waals surface area (Å²) >= 11 is 0. The lowest BCUT2D eigenvalue weighted by Gasteiger charge is -2.30. The average molecular weight is 761 g/mol. The SMILES string of the molecule is CN(C(=O)C(Cc1ccc2ccccc2c1)NC(=O)/C=C/CC(C)(C)NC(=O)OC(C)(C)C)C(Cc1ccccc1)C(=O)N=C(N)C(=O)NCc1ccccc1. The minimum absolute atomic E-state index is 0.0700. The van der Waals surface area contributed by atoms with E-state index in [9.17, 15) is 24.0 Å². The number of likely N-dealkylation sites (N-methyl/N-ethyl adjacent to an activating group) is 1. The monoisotopic (exact) mass is 760 g/mol. The number of nitrogens with one attached hydrogen (secondary N) is 3. The number of nitrogens with zero attached hydrogens (tertiary/aromatic N) is 2. The molecular formula is C44H52N6O6. The molecule has 0 radical (unpaired) electrons. The molecule has 5 N–H and O–H groups in total. The van der Waals surface area contributed by atoms with Crippen LogP contribution in [-0.4, -0.2) is 70.7 Å². The Kier molecular flexibility index (Phi) is 14.7. The molecule has 56 heavy (non-hydrogen) atoms. The first-order valence-corrected chi connectivity index (χ1v) is 18.5. The highest BCUT2D eigenvalue weighted by Gasteiger charge is 2.33. The smallest absolute Gasteiger partial charge is 0.408 e. The van der Waals surface area contributed by atoms with Gasteiger partial charge in [-0.25, -0.2) is 4.79 Å². The molecule has 4 aromatic carbocycles. The summed E-state index contributed by atoms with van der Waals surface area (Å²) in [5.74, 6) is -3.17. The van der Waals surface area contributed by atoms with E-state index in [0.717, 1.165) is 27.5 Å². The summed E-state index contributed by atoms with van der Waals surface area (Å²) < 4.78 is 5.37. The van der Waals surface area contributed by atoms with E-state index in [2.05, 4.69) is 20.9 Å². The number of carbonyl (C=O) groups is 5. The first kappa shape index (κ1) is 42.4. The van der Waals surface area contributed by atoms with Crippen LogP contribution in [0.25, 0.3) is 10.8 Å². The van der Waals surface area contributed by atoms with Gasteiger partial charge >= 0.3 is 6.09 Å². The van der Waals surface area contributed by atoms with Gasteiger partial charge in [0.15, 0.2) is 5.84 Å². The van der Waals surface area contributed by atoms with E-state index in [4.69, 9.17) is 10.5 Å². The highest BCUT2D eigenvalue weighted by molar-refractivity contribution is 6.38. The molecule has 0 saturated carbocycles. The van der Waals surface area contributed by atoms with Crippen LogP contribution in [0, 0.1) is 0 Å². The average Bonchev–Trinajstić information content (AvgIpc) is 3.14. The van der Waals surface area contributed by atoms with Gasteiger partial charge in [0.2, 0.25) is 11.8 Å². The molecule has 5 amide bonds. The second-order valence-corrected chi connectivity index (χ2v) is 15.2. The second kappa shape index (κ2) is 19.3. The summed E-state index contributed by atoms with van der Waals surface area (Å²) in [5.41, 5.74) is 6.96. The molecule has 12 nitrogen and oxygen atoms in total. The summed E-state index contributed by atoms with van der Waals surface area (Å²) in [6.07, 6.45) is 2.80. The number of aliphatic imine (C=N–C) groups is 1. The van der Waals surface area contributed by atoms with Crippen LogP contribution in [0.3, 0.4) is 0 Å². The Balaban J connectivity index is 1.57. The Morgan fingerprint density at radius 3 is 2.04 bits per heavy atom. The third-order valence-corrected chi connectivity index (χ3v) is 8.74. The molecule has 0 saturated heterocycles. The maximum absolute atomic E-state index is 14.4. The minimum atomic E-state index is -1.17. The number of hydrogen-bond acceptors (Lipinski definition) is 6. The van der Waals surface area contributed by atoms with Crippen LogP contribution in [0.4, 0.5) is 4.79 Å². The van der Waals surface area contributed by atoms with Crippen molar-refractivity contribution in [3.63, 3.8) is 0 Å². The summed E-state index contributed by atoms with van der Waals surface area (Å²) in [4.78, 5) is 72.1. The van der Waals surface area contributed by atoms with Crippen molar-refractivity contribution in [2.75, 3.05) is 7.05 Å². The highest BCUT2D eigenvalue weighted by atomic mass is 16.6. The number of carbonyl (C=O) groups excluding carboxylic acids is 5. The van der Waals surface area contributed by atoms with Gasteiger partial charge in [-0.2, -0.15) is 4.99 Å². The quantitative estimate of drug-likeness (QED) is 0.0759. The standard InChI is InChI=1S/C44H52N6O6/c1-43(2,3)56-42(55)49-44(4,5)25-15-22-37(51)47-35(27-32-23-24-33-20-13-14-21-34(33)26-32)41(54)50(6)36(28-30-16-9-7-10-17-30)39(52)48-38(45)40(53)46-29-31-18-11-8-12-19-31/h7-24,26,35-36H,25,27-29H2,1-6H3,(H,46,53)(H,47,51)(H,49,55)(H2,45,48,52)/b22-15+. The molecule has 0 aromatic heterocycles. The molecule has 0 aliphatic heterocycles. The van der Waals surface area contributed by atoms with Crippen molar-refractivity contribution in [3.8, 4) is 0 Å². The van der Waals surface area contributed by atoms with Gasteiger partial charge in [0.05, 0.1) is 0 Å². The van der Waals surface area contributed by atoms with Gasteiger partial charge in [0, 0.05) is 32.0 Å². The predicted molar refractivity (Wildman–Crippen MR) is 218 cm³/mol. The molecule has 2 unspecified atom stereocenters. The first-order valence-electron chi connectivity index (χ1n) is 18.5. The Hall–Kier alpha value is -6.30. The van der Waals surface area contributed by atoms with Crippen molar-refractivity contribution in [2.24, 2.45) is 10.7 Å². The zero-order valence-electron chi connectivity index (χ0n) is 32.9. The zero-order valence-corrected chi connectivity index (χ0v) is 32.9. The molecule has 294 valence electrons. The summed E-state index contributed by atoms with van der Waals surface area (Å²) in [6.45, 7) is 9.08. The first-order chi connectivity index (χ1) is 26.5. The van der Waals surface area contributed by atoms with Crippen LogP contribution in [0.5, 0.6) is 0 Å². The highest BCUT2D eigenvalue weighted by Crippen LogP contribution is 2.19. The van der Waals surface area contributed by atoms with Crippen molar-refractivity contribution >= 4 is 46.3 Å². The predicted octanol–water partition coefficient (Wildman–Crippen LogP) is 5.39. The fourth-order valence-corrected chi connectivity index (χ4v) is 5.85. The molecule has 4 aromatic rings. The van der Waals surface area contributed by atoms with Gasteiger partial charge in [-0.3, -0.25) is 19.2 Å². The van der Waals surface area contributed by atoms with Gasteiger partial charge in [-0.15, -0.1) is 0 Å². The third kappa shape index (κ3) is 13.5.